The molecule has 4 aromatic heterocycles. The van der Waals surface area contributed by atoms with E-state index in [4.69, 9.17) is 4.98 Å². The second-order valence-corrected chi connectivity index (χ2v) is 10.6. The van der Waals surface area contributed by atoms with Crippen LogP contribution in [0.3, 0.4) is 0 Å². The highest BCUT2D eigenvalue weighted by atomic mass is 32.1. The van der Waals surface area contributed by atoms with E-state index in [9.17, 15) is 0 Å². The Morgan fingerprint density at radius 3 is 1.74 bits per heavy atom. The number of aromatic nitrogens is 4. The van der Waals surface area contributed by atoms with Crippen LogP contribution in [0.15, 0.2) is 121 Å². The van der Waals surface area contributed by atoms with Gasteiger partial charge in [-0.25, -0.2) is 4.98 Å². The lowest BCUT2D eigenvalue weighted by molar-refractivity contribution is 1.16. The van der Waals surface area contributed by atoms with Gasteiger partial charge in [-0.1, -0.05) is 54.6 Å². The van der Waals surface area contributed by atoms with Crippen molar-refractivity contribution in [1.29, 1.82) is 0 Å². The lowest BCUT2D eigenvalue weighted by Gasteiger charge is -2.10. The van der Waals surface area contributed by atoms with Gasteiger partial charge in [0, 0.05) is 44.5 Å². The summed E-state index contributed by atoms with van der Waals surface area (Å²) in [6.07, 6.45) is 2.10. The van der Waals surface area contributed by atoms with E-state index in [0.717, 1.165) is 21.7 Å². The van der Waals surface area contributed by atoms with Gasteiger partial charge < -0.3 is 9.13 Å². The number of para-hydroxylation sites is 3. The summed E-state index contributed by atoms with van der Waals surface area (Å²) in [5.41, 5.74) is 9.31. The molecule has 0 aliphatic rings. The van der Waals surface area contributed by atoms with E-state index in [1.165, 1.54) is 49.3 Å². The molecule has 5 aromatic carbocycles. The number of benzene rings is 5. The Balaban J connectivity index is 1.35. The number of hydrogen-bond acceptors (Lipinski definition) is 2. The second-order valence-electron chi connectivity index (χ2n) is 9.76. The molecular formula is C33H20N4S. The van der Waals surface area contributed by atoms with Gasteiger partial charge in [-0.05, 0) is 54.6 Å². The Morgan fingerprint density at radius 1 is 0.500 bits per heavy atom. The van der Waals surface area contributed by atoms with Gasteiger partial charge in [0.2, 0.25) is 0 Å². The Bertz CT molecular complexity index is 2310. The van der Waals surface area contributed by atoms with E-state index in [0.29, 0.717) is 0 Å². The average molecular weight is 505 g/mol. The predicted octanol–water partition coefficient (Wildman–Crippen LogP) is 8.74. The number of fused-ring (bicyclic) bond motifs is 9. The first-order valence-corrected chi connectivity index (χ1v) is 13.6. The Hall–Kier alpha value is -4.87. The van der Waals surface area contributed by atoms with Gasteiger partial charge in [0.1, 0.15) is 0 Å². The molecule has 0 saturated heterocycles. The lowest BCUT2D eigenvalue weighted by atomic mass is 10.1. The van der Waals surface area contributed by atoms with Crippen LogP contribution in [0.5, 0.6) is 0 Å². The molecule has 0 aliphatic carbocycles. The lowest BCUT2D eigenvalue weighted by Crippen LogP contribution is -1.96. The van der Waals surface area contributed by atoms with Crippen molar-refractivity contribution in [2.45, 2.75) is 0 Å². The van der Waals surface area contributed by atoms with E-state index in [-0.39, 0.29) is 0 Å². The summed E-state index contributed by atoms with van der Waals surface area (Å²) >= 11 is 1.67. The highest BCUT2D eigenvalue weighted by Gasteiger charge is 2.17. The molecule has 0 unspecified atom stereocenters. The number of rotatable bonds is 2. The van der Waals surface area contributed by atoms with Crippen molar-refractivity contribution >= 4 is 70.9 Å². The molecule has 0 radical (unpaired) electrons. The van der Waals surface area contributed by atoms with Crippen LogP contribution in [0.25, 0.3) is 71.0 Å². The first-order chi connectivity index (χ1) is 18.8. The SMILES string of the molecule is c1ccc2c(c1)c1ccccc1n2-c1ccc2c(c1)c1ccccc1n2-c1ccc2nc3sccn3c2c1. The Morgan fingerprint density at radius 2 is 1.05 bits per heavy atom. The zero-order valence-corrected chi connectivity index (χ0v) is 21.1. The minimum Gasteiger partial charge on any atom is -0.309 e. The average Bonchev–Trinajstić information content (AvgIpc) is 3.72. The van der Waals surface area contributed by atoms with Crippen molar-refractivity contribution in [3.8, 4) is 11.4 Å². The molecule has 178 valence electrons. The van der Waals surface area contributed by atoms with Crippen LogP contribution in [0.2, 0.25) is 0 Å². The van der Waals surface area contributed by atoms with Gasteiger partial charge in [-0.2, -0.15) is 0 Å². The summed E-state index contributed by atoms with van der Waals surface area (Å²) in [4.78, 5) is 5.80. The summed E-state index contributed by atoms with van der Waals surface area (Å²) in [5.74, 6) is 0. The van der Waals surface area contributed by atoms with Gasteiger partial charge >= 0.3 is 0 Å². The fraction of sp³-hybridized carbons (Fsp3) is 0. The molecule has 0 fully saturated rings. The van der Waals surface area contributed by atoms with Crippen molar-refractivity contribution in [2.75, 3.05) is 0 Å². The molecular weight excluding hydrogens is 484 g/mol. The molecule has 4 nitrogen and oxygen atoms in total. The third kappa shape index (κ3) is 2.61. The number of imidazole rings is 1. The Kier molecular flexibility index (Phi) is 3.91. The van der Waals surface area contributed by atoms with Crippen LogP contribution in [-0.4, -0.2) is 18.5 Å². The molecule has 0 N–H and O–H groups in total. The number of nitrogens with zero attached hydrogens (tertiary/aromatic N) is 4. The minimum absolute atomic E-state index is 1.02. The zero-order chi connectivity index (χ0) is 24.8. The molecule has 0 spiro atoms. The third-order valence-electron chi connectivity index (χ3n) is 7.78. The summed E-state index contributed by atoms with van der Waals surface area (Å²) < 4.78 is 6.95. The Labute approximate surface area is 221 Å². The third-order valence-corrected chi connectivity index (χ3v) is 8.53. The normalized spacial score (nSPS) is 12.2. The van der Waals surface area contributed by atoms with E-state index in [1.807, 2.05) is 0 Å². The molecule has 0 saturated carbocycles. The van der Waals surface area contributed by atoms with Crippen LogP contribution in [0.1, 0.15) is 0 Å². The summed E-state index contributed by atoms with van der Waals surface area (Å²) in [7, 11) is 0. The number of hydrogen-bond donors (Lipinski definition) is 0. The fourth-order valence-electron chi connectivity index (χ4n) is 6.16. The van der Waals surface area contributed by atoms with E-state index in [2.05, 4.69) is 134 Å². The van der Waals surface area contributed by atoms with Crippen LogP contribution in [0.4, 0.5) is 0 Å². The molecule has 0 bridgehead atoms. The van der Waals surface area contributed by atoms with Crippen LogP contribution in [-0.2, 0) is 0 Å². The van der Waals surface area contributed by atoms with E-state index in [1.54, 1.807) is 11.3 Å². The second kappa shape index (κ2) is 7.34. The molecule has 0 aliphatic heterocycles. The van der Waals surface area contributed by atoms with Crippen LogP contribution < -0.4 is 0 Å². The predicted molar refractivity (Wildman–Crippen MR) is 159 cm³/mol. The molecule has 9 rings (SSSR count). The van der Waals surface area contributed by atoms with Crippen molar-refractivity contribution < 1.29 is 0 Å². The maximum absolute atomic E-state index is 4.78. The smallest absolute Gasteiger partial charge is 0.194 e. The van der Waals surface area contributed by atoms with Crippen molar-refractivity contribution in [3.63, 3.8) is 0 Å². The number of thiazole rings is 1. The standard InChI is InChI=1S/C33H20N4S/c1-4-10-28-23(7-1)24-8-2-5-11-29(24)36(28)21-14-16-31-26(19-21)25-9-3-6-12-30(25)37(31)22-13-15-27-32(20-22)35-17-18-38-33(35)34-27/h1-20H. The highest BCUT2D eigenvalue weighted by Crippen LogP contribution is 2.37. The fourth-order valence-corrected chi connectivity index (χ4v) is 6.88. The van der Waals surface area contributed by atoms with Crippen molar-refractivity contribution in [2.24, 2.45) is 0 Å². The molecule has 9 aromatic rings. The van der Waals surface area contributed by atoms with Crippen LogP contribution in [0, 0.1) is 0 Å². The van der Waals surface area contributed by atoms with Crippen molar-refractivity contribution in [3.05, 3.63) is 121 Å². The van der Waals surface area contributed by atoms with Gasteiger partial charge in [-0.3, -0.25) is 4.40 Å². The van der Waals surface area contributed by atoms with Crippen LogP contribution >= 0.6 is 11.3 Å². The van der Waals surface area contributed by atoms with Crippen molar-refractivity contribution in [1.82, 2.24) is 18.5 Å². The largest absolute Gasteiger partial charge is 0.309 e. The van der Waals surface area contributed by atoms with E-state index >= 15 is 0 Å². The monoisotopic (exact) mass is 504 g/mol. The topological polar surface area (TPSA) is 27.2 Å². The quantitative estimate of drug-likeness (QED) is 0.231. The molecule has 4 heterocycles. The summed E-state index contributed by atoms with van der Waals surface area (Å²) in [6, 6.07) is 39.5. The first kappa shape index (κ1) is 20.2. The van der Waals surface area contributed by atoms with Gasteiger partial charge in [0.15, 0.2) is 4.96 Å². The molecule has 0 amide bonds. The molecule has 5 heteroatoms. The highest BCUT2D eigenvalue weighted by molar-refractivity contribution is 7.15. The van der Waals surface area contributed by atoms with Gasteiger partial charge in [0.25, 0.3) is 0 Å². The maximum atomic E-state index is 4.78. The zero-order valence-electron chi connectivity index (χ0n) is 20.2. The molecule has 38 heavy (non-hydrogen) atoms. The van der Waals surface area contributed by atoms with Gasteiger partial charge in [-0.15, -0.1) is 11.3 Å². The summed E-state index contributed by atoms with van der Waals surface area (Å²) in [6.45, 7) is 0. The minimum atomic E-state index is 1.02. The maximum Gasteiger partial charge on any atom is 0.194 e. The first-order valence-electron chi connectivity index (χ1n) is 12.7. The summed E-state index contributed by atoms with van der Waals surface area (Å²) in [5, 5.41) is 7.14. The molecule has 0 atom stereocenters. The van der Waals surface area contributed by atoms with E-state index < -0.39 is 0 Å². The van der Waals surface area contributed by atoms with Gasteiger partial charge in [0.05, 0.1) is 33.1 Å².